The van der Waals surface area contributed by atoms with Crippen molar-refractivity contribution in [3.8, 4) is 17.3 Å². The van der Waals surface area contributed by atoms with Crippen LogP contribution in [0.15, 0.2) is 48.5 Å². The number of benzene rings is 2. The summed E-state index contributed by atoms with van der Waals surface area (Å²) in [6.45, 7) is 0. The maximum absolute atomic E-state index is 12.6. The van der Waals surface area contributed by atoms with Gasteiger partial charge < -0.3 is 10.6 Å². The number of aromatic nitrogens is 3. The lowest BCUT2D eigenvalue weighted by atomic mass is 10.1. The Balaban J connectivity index is 0.00000169. The smallest absolute Gasteiger partial charge is 0.416 e. The van der Waals surface area contributed by atoms with E-state index in [-0.39, 0.29) is 11.4 Å². The molecule has 2 aromatic carbocycles. The Kier molecular flexibility index (Phi) is 3.56. The van der Waals surface area contributed by atoms with Crippen molar-refractivity contribution in [2.45, 2.75) is 12.6 Å². The number of hydrogen-bond acceptors (Lipinski definition) is 3. The molecule has 0 aliphatic carbocycles. The van der Waals surface area contributed by atoms with Crippen molar-refractivity contribution < 1.29 is 28.4 Å². The molecule has 2 heterocycles. The summed E-state index contributed by atoms with van der Waals surface area (Å²) in [6.07, 6.45) is -3.86. The van der Waals surface area contributed by atoms with Crippen molar-refractivity contribution in [3.05, 3.63) is 65.4 Å². The van der Waals surface area contributed by atoms with E-state index >= 15 is 0 Å². The average Bonchev–Trinajstić information content (AvgIpc) is 3.04. The van der Waals surface area contributed by atoms with Gasteiger partial charge in [-0.05, 0) is 30.3 Å². The SMILES string of the molecule is Oc1c2[n+](nn1-c1ccc(C(F)(F)F)cc1)-c1ccccc1C2.[OH-]. The van der Waals surface area contributed by atoms with Crippen LogP contribution in [-0.4, -0.2) is 20.5 Å². The fourth-order valence-electron chi connectivity index (χ4n) is 2.76. The van der Waals surface area contributed by atoms with Gasteiger partial charge in [-0.1, -0.05) is 27.6 Å². The van der Waals surface area contributed by atoms with Crippen molar-refractivity contribution in [2.75, 3.05) is 0 Å². The number of alkyl halides is 3. The summed E-state index contributed by atoms with van der Waals surface area (Å²) in [7, 11) is 0. The highest BCUT2D eigenvalue weighted by Crippen LogP contribution is 2.31. The average molecular weight is 335 g/mol. The molecule has 5 nitrogen and oxygen atoms in total. The molecule has 0 bridgehead atoms. The van der Waals surface area contributed by atoms with Crippen LogP contribution in [0.2, 0.25) is 0 Å². The van der Waals surface area contributed by atoms with E-state index in [1.54, 1.807) is 4.68 Å². The highest BCUT2D eigenvalue weighted by molar-refractivity contribution is 5.44. The Morgan fingerprint density at radius 1 is 1.04 bits per heavy atom. The third-order valence-electron chi connectivity index (χ3n) is 3.91. The summed E-state index contributed by atoms with van der Waals surface area (Å²) < 4.78 is 40.7. The minimum absolute atomic E-state index is 0. The fourth-order valence-corrected chi connectivity index (χ4v) is 2.76. The van der Waals surface area contributed by atoms with E-state index in [9.17, 15) is 18.3 Å². The van der Waals surface area contributed by atoms with E-state index in [0.29, 0.717) is 17.8 Å². The van der Waals surface area contributed by atoms with Gasteiger partial charge in [0.05, 0.1) is 5.56 Å². The Morgan fingerprint density at radius 2 is 1.71 bits per heavy atom. The van der Waals surface area contributed by atoms with Gasteiger partial charge >= 0.3 is 12.1 Å². The van der Waals surface area contributed by atoms with Crippen LogP contribution >= 0.6 is 0 Å². The topological polar surface area (TPSA) is 71.9 Å². The molecule has 0 fully saturated rings. The fraction of sp³-hybridized carbons (Fsp3) is 0.125. The molecule has 0 saturated carbocycles. The molecule has 0 amide bonds. The quantitative estimate of drug-likeness (QED) is 0.544. The van der Waals surface area contributed by atoms with Crippen LogP contribution in [0.4, 0.5) is 13.2 Å². The predicted molar refractivity (Wildman–Crippen MR) is 76.5 cm³/mol. The summed E-state index contributed by atoms with van der Waals surface area (Å²) in [5.74, 6) is -0.0686. The first kappa shape index (κ1) is 16.0. The first-order valence-electron chi connectivity index (χ1n) is 6.94. The summed E-state index contributed by atoms with van der Waals surface area (Å²) >= 11 is 0. The van der Waals surface area contributed by atoms with E-state index in [0.717, 1.165) is 23.4 Å². The number of nitrogens with zero attached hydrogens (tertiary/aromatic N) is 3. The highest BCUT2D eigenvalue weighted by Gasteiger charge is 2.35. The van der Waals surface area contributed by atoms with Gasteiger partial charge in [0.15, 0.2) is 11.4 Å². The molecule has 0 unspecified atom stereocenters. The minimum atomic E-state index is -4.39. The van der Waals surface area contributed by atoms with Crippen LogP contribution in [-0.2, 0) is 12.6 Å². The van der Waals surface area contributed by atoms with Crippen LogP contribution in [0.3, 0.4) is 0 Å². The molecule has 124 valence electrons. The standard InChI is InChI=1S/C16H10F3N3O.H2O/c17-16(18,19)11-5-7-12(8-6-11)21-15(23)14-9-10-3-1-2-4-13(10)22(14)20-21;/h1-8H,9H2;1H2. The lowest BCUT2D eigenvalue weighted by Gasteiger charge is -2.05. The van der Waals surface area contributed by atoms with Crippen LogP contribution in [0, 0.1) is 0 Å². The molecule has 0 saturated heterocycles. The van der Waals surface area contributed by atoms with Gasteiger partial charge in [0.2, 0.25) is 5.69 Å². The molecule has 1 aliphatic rings. The maximum Gasteiger partial charge on any atom is 0.416 e. The number of rotatable bonds is 1. The third kappa shape index (κ3) is 2.31. The lowest BCUT2D eigenvalue weighted by molar-refractivity contribution is -0.662. The van der Waals surface area contributed by atoms with Crippen molar-refractivity contribution in [2.24, 2.45) is 0 Å². The highest BCUT2D eigenvalue weighted by atomic mass is 19.4. The molecule has 4 rings (SSSR count). The van der Waals surface area contributed by atoms with E-state index in [1.165, 1.54) is 16.8 Å². The first-order chi connectivity index (χ1) is 10.9. The van der Waals surface area contributed by atoms with Crippen LogP contribution < -0.4 is 4.68 Å². The zero-order valence-corrected chi connectivity index (χ0v) is 12.2. The van der Waals surface area contributed by atoms with Crippen molar-refractivity contribution in [1.29, 1.82) is 0 Å². The van der Waals surface area contributed by atoms with E-state index in [2.05, 4.69) is 5.21 Å². The zero-order valence-electron chi connectivity index (χ0n) is 12.2. The number of aromatic hydroxyl groups is 1. The molecule has 1 aromatic heterocycles. The summed E-state index contributed by atoms with van der Waals surface area (Å²) in [5.41, 5.74) is 2.16. The summed E-state index contributed by atoms with van der Waals surface area (Å²) in [5, 5.41) is 14.7. The first-order valence-corrected chi connectivity index (χ1v) is 6.94. The van der Waals surface area contributed by atoms with Crippen LogP contribution in [0.1, 0.15) is 16.8 Å². The second-order valence-electron chi connectivity index (χ2n) is 5.33. The Labute approximate surface area is 134 Å². The van der Waals surface area contributed by atoms with E-state index in [4.69, 9.17) is 0 Å². The normalized spacial score (nSPS) is 12.5. The molecule has 1 aliphatic heterocycles. The summed E-state index contributed by atoms with van der Waals surface area (Å²) in [4.78, 5) is 0. The number of fused-ring (bicyclic) bond motifs is 3. The number of para-hydroxylation sites is 1. The molecule has 0 atom stereocenters. The van der Waals surface area contributed by atoms with Gasteiger partial charge in [0, 0.05) is 12.0 Å². The molecule has 8 heteroatoms. The summed E-state index contributed by atoms with van der Waals surface area (Å²) in [6, 6.07) is 12.1. The second kappa shape index (κ2) is 5.34. The van der Waals surface area contributed by atoms with Gasteiger partial charge in [-0.15, -0.1) is 0 Å². The Morgan fingerprint density at radius 3 is 2.38 bits per heavy atom. The van der Waals surface area contributed by atoms with Gasteiger partial charge in [0.1, 0.15) is 5.21 Å². The minimum Gasteiger partial charge on any atom is -0.870 e. The lowest BCUT2D eigenvalue weighted by Crippen LogP contribution is -2.33. The third-order valence-corrected chi connectivity index (χ3v) is 3.91. The van der Waals surface area contributed by atoms with E-state index < -0.39 is 11.7 Å². The molecule has 24 heavy (non-hydrogen) atoms. The van der Waals surface area contributed by atoms with Crippen LogP contribution in [0.5, 0.6) is 5.88 Å². The molecule has 0 radical (unpaired) electrons. The van der Waals surface area contributed by atoms with Crippen molar-refractivity contribution in [1.82, 2.24) is 9.90 Å². The predicted octanol–water partition coefficient (Wildman–Crippen LogP) is 2.60. The molecular weight excluding hydrogens is 323 g/mol. The number of hydrogen-bond donors (Lipinski definition) is 1. The molecule has 3 aromatic rings. The second-order valence-corrected chi connectivity index (χ2v) is 5.33. The van der Waals surface area contributed by atoms with Crippen molar-refractivity contribution >= 4 is 0 Å². The van der Waals surface area contributed by atoms with Crippen LogP contribution in [0.25, 0.3) is 11.4 Å². The van der Waals surface area contributed by atoms with Crippen molar-refractivity contribution in [3.63, 3.8) is 0 Å². The molecular formula is C16H12F3N3O2. The largest absolute Gasteiger partial charge is 0.870 e. The Bertz CT molecular complexity index is 902. The monoisotopic (exact) mass is 335 g/mol. The molecule has 2 N–H and O–H groups in total. The zero-order chi connectivity index (χ0) is 16.2. The molecule has 0 spiro atoms. The number of halogens is 3. The van der Waals surface area contributed by atoms with Gasteiger partial charge in [0.25, 0.3) is 0 Å². The van der Waals surface area contributed by atoms with Gasteiger partial charge in [-0.25, -0.2) is 0 Å². The van der Waals surface area contributed by atoms with E-state index in [1.807, 2.05) is 24.3 Å². The Hall–Kier alpha value is -2.87. The van der Waals surface area contributed by atoms with Gasteiger partial charge in [-0.3, -0.25) is 0 Å². The maximum atomic E-state index is 12.6. The van der Waals surface area contributed by atoms with Gasteiger partial charge in [-0.2, -0.15) is 13.2 Å².